The van der Waals surface area contributed by atoms with E-state index in [-0.39, 0.29) is 6.10 Å². The molecule has 4 heterocycles. The van der Waals surface area contributed by atoms with Crippen LogP contribution in [0.3, 0.4) is 0 Å². The number of H-pyrrole nitrogens is 1. The summed E-state index contributed by atoms with van der Waals surface area (Å²) in [6, 6.07) is 7.72. The van der Waals surface area contributed by atoms with Crippen LogP contribution < -0.4 is 9.64 Å². The zero-order valence-electron chi connectivity index (χ0n) is 11.4. The topological polar surface area (TPSA) is 66.9 Å². The van der Waals surface area contributed by atoms with Crippen LogP contribution in [0.1, 0.15) is 6.42 Å². The molecule has 4 rings (SSSR count). The summed E-state index contributed by atoms with van der Waals surface area (Å²) in [5, 5.41) is 1.05. The second-order valence-electron chi connectivity index (χ2n) is 5.08. The number of rotatable bonds is 3. The highest BCUT2D eigenvalue weighted by Gasteiger charge is 2.26. The van der Waals surface area contributed by atoms with Crippen molar-refractivity contribution in [1.82, 2.24) is 19.9 Å². The van der Waals surface area contributed by atoms with Gasteiger partial charge >= 0.3 is 0 Å². The number of pyridine rings is 1. The Bertz CT molecular complexity index is 742. The third-order valence-corrected chi connectivity index (χ3v) is 3.70. The predicted molar refractivity (Wildman–Crippen MR) is 79.4 cm³/mol. The maximum absolute atomic E-state index is 5.92. The van der Waals surface area contributed by atoms with E-state index in [4.69, 9.17) is 4.74 Å². The van der Waals surface area contributed by atoms with Gasteiger partial charge in [-0.1, -0.05) is 6.07 Å². The third-order valence-electron chi connectivity index (χ3n) is 3.70. The zero-order valence-corrected chi connectivity index (χ0v) is 11.4. The first-order chi connectivity index (χ1) is 10.4. The zero-order chi connectivity index (χ0) is 14.1. The lowest BCUT2D eigenvalue weighted by molar-refractivity contribution is 0.216. The molecule has 1 unspecified atom stereocenters. The van der Waals surface area contributed by atoms with E-state index >= 15 is 0 Å². The van der Waals surface area contributed by atoms with E-state index < -0.39 is 0 Å². The van der Waals surface area contributed by atoms with Crippen molar-refractivity contribution in [2.75, 3.05) is 18.0 Å². The Labute approximate surface area is 121 Å². The number of nitrogens with one attached hydrogen (secondary N) is 1. The summed E-state index contributed by atoms with van der Waals surface area (Å²) in [5.74, 6) is 1.65. The molecule has 6 nitrogen and oxygen atoms in total. The largest absolute Gasteiger partial charge is 0.472 e. The number of ether oxygens (including phenoxy) is 1. The Balaban J connectivity index is 1.52. The molecule has 0 aliphatic carbocycles. The van der Waals surface area contributed by atoms with Crippen molar-refractivity contribution in [3.8, 4) is 5.88 Å². The normalized spacial score (nSPS) is 18.3. The molecule has 3 aromatic rings. The van der Waals surface area contributed by atoms with Gasteiger partial charge in [0.15, 0.2) is 0 Å². The van der Waals surface area contributed by atoms with Gasteiger partial charge in [0.1, 0.15) is 23.9 Å². The molecule has 0 amide bonds. The van der Waals surface area contributed by atoms with Crippen molar-refractivity contribution in [3.05, 3.63) is 43.0 Å². The SMILES string of the molecule is c1ccc(OC2CCN(c3ncnc4[nH]ccc34)C2)nc1. The molecule has 6 heteroatoms. The van der Waals surface area contributed by atoms with E-state index in [2.05, 4.69) is 24.8 Å². The number of aromatic amines is 1. The maximum atomic E-state index is 5.92. The standard InChI is InChI=1S/C15H15N5O/c1-2-6-16-13(3-1)21-11-5-8-20(9-11)15-12-4-7-17-14(12)18-10-19-15/h1-4,6-7,10-11H,5,8-9H2,(H,17,18,19). The molecule has 0 aromatic carbocycles. The lowest BCUT2D eigenvalue weighted by atomic mass is 10.3. The molecule has 0 saturated carbocycles. The fourth-order valence-corrected chi connectivity index (χ4v) is 2.72. The average molecular weight is 281 g/mol. The molecule has 3 aromatic heterocycles. The molecular formula is C15H15N5O. The van der Waals surface area contributed by atoms with Crippen molar-refractivity contribution in [2.45, 2.75) is 12.5 Å². The maximum Gasteiger partial charge on any atom is 0.213 e. The quantitative estimate of drug-likeness (QED) is 0.795. The number of nitrogens with zero attached hydrogens (tertiary/aromatic N) is 4. The first kappa shape index (κ1) is 12.1. The number of anilines is 1. The molecule has 1 saturated heterocycles. The number of aromatic nitrogens is 4. The van der Waals surface area contributed by atoms with Gasteiger partial charge in [-0.15, -0.1) is 0 Å². The van der Waals surface area contributed by atoms with Gasteiger partial charge in [0.2, 0.25) is 5.88 Å². The fraction of sp³-hybridized carbons (Fsp3) is 0.267. The summed E-state index contributed by atoms with van der Waals surface area (Å²) in [4.78, 5) is 18.2. The summed E-state index contributed by atoms with van der Waals surface area (Å²) < 4.78 is 5.92. The van der Waals surface area contributed by atoms with Crippen LogP contribution in [-0.4, -0.2) is 39.1 Å². The summed E-state index contributed by atoms with van der Waals surface area (Å²) in [5.41, 5.74) is 0.870. The molecule has 1 aliphatic rings. The predicted octanol–water partition coefficient (Wildman–Crippen LogP) is 2.01. The van der Waals surface area contributed by atoms with Gasteiger partial charge in [-0.05, 0) is 12.1 Å². The molecule has 0 spiro atoms. The lowest BCUT2D eigenvalue weighted by Crippen LogP contribution is -2.25. The molecule has 1 aliphatic heterocycles. The van der Waals surface area contributed by atoms with Crippen LogP contribution in [0.25, 0.3) is 11.0 Å². The van der Waals surface area contributed by atoms with Crippen LogP contribution in [-0.2, 0) is 0 Å². The van der Waals surface area contributed by atoms with Gasteiger partial charge in [0, 0.05) is 31.4 Å². The summed E-state index contributed by atoms with van der Waals surface area (Å²) in [6.45, 7) is 1.74. The minimum Gasteiger partial charge on any atom is -0.472 e. The molecule has 1 fully saturated rings. The van der Waals surface area contributed by atoms with Crippen LogP contribution in [0.2, 0.25) is 0 Å². The molecule has 1 atom stereocenters. The smallest absolute Gasteiger partial charge is 0.213 e. The third kappa shape index (κ3) is 2.29. The van der Waals surface area contributed by atoms with Crippen LogP contribution in [0.15, 0.2) is 43.0 Å². The van der Waals surface area contributed by atoms with E-state index in [0.717, 1.165) is 36.4 Å². The van der Waals surface area contributed by atoms with Crippen LogP contribution >= 0.6 is 0 Å². The fourth-order valence-electron chi connectivity index (χ4n) is 2.72. The second-order valence-corrected chi connectivity index (χ2v) is 5.08. The molecular weight excluding hydrogens is 266 g/mol. The van der Waals surface area contributed by atoms with E-state index in [1.165, 1.54) is 0 Å². The molecule has 21 heavy (non-hydrogen) atoms. The summed E-state index contributed by atoms with van der Waals surface area (Å²) in [7, 11) is 0. The van der Waals surface area contributed by atoms with E-state index in [9.17, 15) is 0 Å². The second kappa shape index (κ2) is 5.05. The number of fused-ring (bicyclic) bond motifs is 1. The number of hydrogen-bond acceptors (Lipinski definition) is 5. The molecule has 0 radical (unpaired) electrons. The van der Waals surface area contributed by atoms with Crippen LogP contribution in [0.4, 0.5) is 5.82 Å². The highest BCUT2D eigenvalue weighted by Crippen LogP contribution is 2.26. The van der Waals surface area contributed by atoms with Crippen molar-refractivity contribution >= 4 is 16.9 Å². The van der Waals surface area contributed by atoms with Gasteiger partial charge in [0.25, 0.3) is 0 Å². The van der Waals surface area contributed by atoms with Crippen LogP contribution in [0, 0.1) is 0 Å². The molecule has 1 N–H and O–H groups in total. The van der Waals surface area contributed by atoms with Crippen molar-refractivity contribution in [2.24, 2.45) is 0 Å². The minimum absolute atomic E-state index is 0.142. The Morgan fingerprint density at radius 1 is 1.19 bits per heavy atom. The monoisotopic (exact) mass is 281 g/mol. The Morgan fingerprint density at radius 3 is 3.10 bits per heavy atom. The highest BCUT2D eigenvalue weighted by molar-refractivity contribution is 5.87. The summed E-state index contributed by atoms with van der Waals surface area (Å²) >= 11 is 0. The van der Waals surface area contributed by atoms with Crippen molar-refractivity contribution in [1.29, 1.82) is 0 Å². The van der Waals surface area contributed by atoms with Gasteiger partial charge in [0.05, 0.1) is 11.9 Å². The Hall–Kier alpha value is -2.63. The van der Waals surface area contributed by atoms with Crippen molar-refractivity contribution < 1.29 is 4.74 Å². The molecule has 0 bridgehead atoms. The number of hydrogen-bond donors (Lipinski definition) is 1. The minimum atomic E-state index is 0.142. The average Bonchev–Trinajstić information content (AvgIpc) is 3.16. The highest BCUT2D eigenvalue weighted by atomic mass is 16.5. The summed E-state index contributed by atoms with van der Waals surface area (Å²) in [6.07, 6.45) is 6.34. The van der Waals surface area contributed by atoms with Crippen molar-refractivity contribution in [3.63, 3.8) is 0 Å². The Morgan fingerprint density at radius 2 is 2.19 bits per heavy atom. The molecule has 106 valence electrons. The lowest BCUT2D eigenvalue weighted by Gasteiger charge is -2.18. The Kier molecular flexibility index (Phi) is 2.92. The van der Waals surface area contributed by atoms with E-state index in [0.29, 0.717) is 5.88 Å². The van der Waals surface area contributed by atoms with Gasteiger partial charge < -0.3 is 14.6 Å². The van der Waals surface area contributed by atoms with Gasteiger partial charge in [-0.2, -0.15) is 0 Å². The first-order valence-electron chi connectivity index (χ1n) is 7.01. The van der Waals surface area contributed by atoms with E-state index in [1.54, 1.807) is 12.5 Å². The first-order valence-corrected chi connectivity index (χ1v) is 7.01. The van der Waals surface area contributed by atoms with Gasteiger partial charge in [-0.3, -0.25) is 0 Å². The van der Waals surface area contributed by atoms with E-state index in [1.807, 2.05) is 30.5 Å². The van der Waals surface area contributed by atoms with Gasteiger partial charge in [-0.25, -0.2) is 15.0 Å². The van der Waals surface area contributed by atoms with Crippen LogP contribution in [0.5, 0.6) is 5.88 Å².